The molecule has 2 rings (SSSR count). The third-order valence-electron chi connectivity index (χ3n) is 2.60. The fourth-order valence-electron chi connectivity index (χ4n) is 1.54. The molecule has 0 spiro atoms. The van der Waals surface area contributed by atoms with Gasteiger partial charge in [0.15, 0.2) is 11.6 Å². The molecule has 0 saturated carbocycles. The van der Waals surface area contributed by atoms with Crippen LogP contribution >= 0.6 is 0 Å². The van der Waals surface area contributed by atoms with Crippen LogP contribution in [0.3, 0.4) is 0 Å². The number of benzene rings is 1. The average molecular weight is 260 g/mol. The summed E-state index contributed by atoms with van der Waals surface area (Å²) in [5.74, 6) is 1.40. The van der Waals surface area contributed by atoms with Crippen molar-refractivity contribution in [1.82, 2.24) is 9.78 Å². The van der Waals surface area contributed by atoms with Crippen molar-refractivity contribution in [2.75, 3.05) is 0 Å². The Hall–Kier alpha value is -2.50. The number of ether oxygens (including phenoxy) is 1. The van der Waals surface area contributed by atoms with Gasteiger partial charge in [0, 0.05) is 11.6 Å². The highest BCUT2D eigenvalue weighted by Gasteiger charge is 2.04. The number of amidine groups is 1. The quantitative estimate of drug-likeness (QED) is 0.382. The number of oxime groups is 1. The van der Waals surface area contributed by atoms with Crippen LogP contribution in [0.2, 0.25) is 0 Å². The maximum atomic E-state index is 8.57. The van der Waals surface area contributed by atoms with Crippen molar-refractivity contribution in [2.45, 2.75) is 19.9 Å². The van der Waals surface area contributed by atoms with Crippen LogP contribution in [-0.4, -0.2) is 20.8 Å². The smallest absolute Gasteiger partial charge is 0.170 e. The molecule has 6 nitrogen and oxygen atoms in total. The van der Waals surface area contributed by atoms with Gasteiger partial charge in [-0.1, -0.05) is 5.16 Å². The lowest BCUT2D eigenvalue weighted by atomic mass is 10.2. The zero-order valence-corrected chi connectivity index (χ0v) is 10.8. The van der Waals surface area contributed by atoms with Gasteiger partial charge in [-0.2, -0.15) is 5.10 Å². The van der Waals surface area contributed by atoms with Gasteiger partial charge in [-0.05, 0) is 38.1 Å². The SMILES string of the molecule is CC(C)n1cc(Oc2ccc(/C(N)=N/O)cc2)cn1. The Labute approximate surface area is 111 Å². The first kappa shape index (κ1) is 12.9. The van der Waals surface area contributed by atoms with E-state index in [4.69, 9.17) is 15.7 Å². The molecule has 2 aromatic rings. The van der Waals surface area contributed by atoms with Crippen LogP contribution in [0.1, 0.15) is 25.5 Å². The molecule has 0 aliphatic carbocycles. The van der Waals surface area contributed by atoms with Crippen molar-refractivity contribution in [2.24, 2.45) is 10.9 Å². The van der Waals surface area contributed by atoms with Gasteiger partial charge in [-0.25, -0.2) is 0 Å². The van der Waals surface area contributed by atoms with E-state index < -0.39 is 0 Å². The summed E-state index contributed by atoms with van der Waals surface area (Å²) in [7, 11) is 0. The zero-order valence-electron chi connectivity index (χ0n) is 10.8. The molecule has 6 heteroatoms. The van der Waals surface area contributed by atoms with E-state index in [1.54, 1.807) is 30.5 Å². The van der Waals surface area contributed by atoms with Gasteiger partial charge in [0.1, 0.15) is 5.75 Å². The Balaban J connectivity index is 2.10. The highest BCUT2D eigenvalue weighted by Crippen LogP contribution is 2.22. The van der Waals surface area contributed by atoms with E-state index in [0.717, 1.165) is 0 Å². The molecule has 0 unspecified atom stereocenters. The van der Waals surface area contributed by atoms with E-state index in [1.165, 1.54) is 0 Å². The van der Waals surface area contributed by atoms with Gasteiger partial charge in [0.25, 0.3) is 0 Å². The zero-order chi connectivity index (χ0) is 13.8. The molecule has 1 aromatic heterocycles. The number of aromatic nitrogens is 2. The van der Waals surface area contributed by atoms with Gasteiger partial charge in [0.2, 0.25) is 0 Å². The molecule has 0 radical (unpaired) electrons. The summed E-state index contributed by atoms with van der Waals surface area (Å²) in [5.41, 5.74) is 6.11. The molecule has 0 aliphatic heterocycles. The van der Waals surface area contributed by atoms with Gasteiger partial charge in [-0.3, -0.25) is 4.68 Å². The second-order valence-corrected chi connectivity index (χ2v) is 4.36. The Morgan fingerprint density at radius 3 is 2.53 bits per heavy atom. The van der Waals surface area contributed by atoms with Crippen molar-refractivity contribution in [3.63, 3.8) is 0 Å². The molecule has 0 saturated heterocycles. The summed E-state index contributed by atoms with van der Waals surface area (Å²) in [5, 5.41) is 15.7. The minimum Gasteiger partial charge on any atom is -0.454 e. The van der Waals surface area contributed by atoms with E-state index in [1.807, 2.05) is 24.7 Å². The predicted octanol–water partition coefficient (Wildman–Crippen LogP) is 2.35. The molecule has 0 aliphatic rings. The maximum Gasteiger partial charge on any atom is 0.170 e. The molecule has 1 aromatic carbocycles. The first-order chi connectivity index (χ1) is 9.10. The summed E-state index contributed by atoms with van der Waals surface area (Å²) < 4.78 is 7.47. The van der Waals surface area contributed by atoms with E-state index in [9.17, 15) is 0 Å². The number of rotatable bonds is 4. The predicted molar refractivity (Wildman–Crippen MR) is 71.6 cm³/mol. The second kappa shape index (κ2) is 5.43. The topological polar surface area (TPSA) is 85.7 Å². The molecule has 0 amide bonds. The van der Waals surface area contributed by atoms with Gasteiger partial charge in [-0.15, -0.1) is 0 Å². The Kier molecular flexibility index (Phi) is 3.70. The third kappa shape index (κ3) is 3.04. The van der Waals surface area contributed by atoms with Crippen LogP contribution in [0.15, 0.2) is 41.8 Å². The van der Waals surface area contributed by atoms with Crippen LogP contribution in [0.5, 0.6) is 11.5 Å². The van der Waals surface area contributed by atoms with Crippen molar-refractivity contribution in [1.29, 1.82) is 0 Å². The van der Waals surface area contributed by atoms with Crippen molar-refractivity contribution >= 4 is 5.84 Å². The molecule has 3 N–H and O–H groups in total. The fraction of sp³-hybridized carbons (Fsp3) is 0.231. The summed E-state index contributed by atoms with van der Waals surface area (Å²) in [4.78, 5) is 0. The number of hydrogen-bond donors (Lipinski definition) is 2. The van der Waals surface area contributed by atoms with Crippen molar-refractivity contribution in [3.8, 4) is 11.5 Å². The molecule has 0 bridgehead atoms. The summed E-state index contributed by atoms with van der Waals surface area (Å²) in [6.45, 7) is 4.09. The first-order valence-corrected chi connectivity index (χ1v) is 5.90. The van der Waals surface area contributed by atoms with E-state index in [-0.39, 0.29) is 5.84 Å². The highest BCUT2D eigenvalue weighted by atomic mass is 16.5. The minimum atomic E-state index is 0.0687. The molecule has 0 atom stereocenters. The molecule has 1 heterocycles. The number of nitrogens with zero attached hydrogens (tertiary/aromatic N) is 3. The van der Waals surface area contributed by atoms with Gasteiger partial charge in [0.05, 0.1) is 12.4 Å². The standard InChI is InChI=1S/C13H16N4O2/c1-9(2)17-8-12(7-15-17)19-11-5-3-10(4-6-11)13(14)16-18/h3-9,18H,1-2H3,(H2,14,16). The van der Waals surface area contributed by atoms with Gasteiger partial charge < -0.3 is 15.7 Å². The third-order valence-corrected chi connectivity index (χ3v) is 2.60. The molecular formula is C13H16N4O2. The maximum absolute atomic E-state index is 8.57. The van der Waals surface area contributed by atoms with Crippen molar-refractivity contribution in [3.05, 3.63) is 42.2 Å². The number of nitrogens with two attached hydrogens (primary N) is 1. The first-order valence-electron chi connectivity index (χ1n) is 5.90. The van der Waals surface area contributed by atoms with E-state index in [2.05, 4.69) is 10.3 Å². The normalized spacial score (nSPS) is 11.8. The Bertz CT molecular complexity index is 573. The fourth-order valence-corrected chi connectivity index (χ4v) is 1.54. The molecule has 0 fully saturated rings. The summed E-state index contributed by atoms with van der Waals surface area (Å²) >= 11 is 0. The van der Waals surface area contributed by atoms with Crippen LogP contribution in [0.25, 0.3) is 0 Å². The summed E-state index contributed by atoms with van der Waals surface area (Å²) in [6, 6.07) is 7.23. The molecule has 19 heavy (non-hydrogen) atoms. The molecular weight excluding hydrogens is 244 g/mol. The largest absolute Gasteiger partial charge is 0.454 e. The van der Waals surface area contributed by atoms with Crippen LogP contribution in [0.4, 0.5) is 0 Å². The lowest BCUT2D eigenvalue weighted by Gasteiger charge is -2.05. The average Bonchev–Trinajstić information content (AvgIpc) is 2.87. The van der Waals surface area contributed by atoms with E-state index >= 15 is 0 Å². The van der Waals surface area contributed by atoms with Gasteiger partial charge >= 0.3 is 0 Å². The molecule has 100 valence electrons. The summed E-state index contributed by atoms with van der Waals surface area (Å²) in [6.07, 6.45) is 3.50. The lowest BCUT2D eigenvalue weighted by Crippen LogP contribution is -2.12. The van der Waals surface area contributed by atoms with Crippen molar-refractivity contribution < 1.29 is 9.94 Å². The highest BCUT2D eigenvalue weighted by molar-refractivity contribution is 5.97. The monoisotopic (exact) mass is 260 g/mol. The number of hydrogen-bond acceptors (Lipinski definition) is 4. The Morgan fingerprint density at radius 1 is 1.32 bits per heavy atom. The lowest BCUT2D eigenvalue weighted by molar-refractivity contribution is 0.318. The van der Waals surface area contributed by atoms with Crippen LogP contribution in [0, 0.1) is 0 Å². The second-order valence-electron chi connectivity index (χ2n) is 4.36. The van der Waals surface area contributed by atoms with Crippen LogP contribution in [-0.2, 0) is 0 Å². The minimum absolute atomic E-state index is 0.0687. The Morgan fingerprint density at radius 2 is 2.00 bits per heavy atom. The van der Waals surface area contributed by atoms with Crippen LogP contribution < -0.4 is 10.5 Å². The van der Waals surface area contributed by atoms with E-state index in [0.29, 0.717) is 23.1 Å².